The maximum Gasteiger partial charge on any atom is 2.00 e. The molecule has 0 aliphatic carbocycles. The van der Waals surface area contributed by atoms with Crippen LogP contribution in [0.5, 0.6) is 0 Å². The Morgan fingerprint density at radius 3 is 1.38 bits per heavy atom. The predicted octanol–water partition coefficient (Wildman–Crippen LogP) is -0.985. The molecule has 8 heteroatoms. The van der Waals surface area contributed by atoms with Gasteiger partial charge in [-0.1, -0.05) is 0 Å². The molecule has 5 N–H and O–H groups in total. The Balaban J connectivity index is -0.0000000154. The fraction of sp³-hybridized carbons (Fsp3) is 0. The fourth-order valence-corrected chi connectivity index (χ4v) is 0. The maximum absolute atomic E-state index is 8.88. The summed E-state index contributed by atoms with van der Waals surface area (Å²) in [5.41, 5.74) is 0. The van der Waals surface area contributed by atoms with E-state index in [0.29, 0.717) is 0 Å². The van der Waals surface area contributed by atoms with Gasteiger partial charge in [0.2, 0.25) is 0 Å². The maximum atomic E-state index is 8.88. The first-order chi connectivity index (χ1) is 3.00. The second kappa shape index (κ2) is 8.62. The van der Waals surface area contributed by atoms with Gasteiger partial charge in [-0.15, -0.1) is 0 Å². The first kappa shape index (κ1) is 16.3. The van der Waals surface area contributed by atoms with E-state index in [1.54, 1.807) is 0 Å². The first-order valence-corrected chi connectivity index (χ1v) is 3.00. The summed E-state index contributed by atoms with van der Waals surface area (Å²) in [6.07, 6.45) is 0. The molecule has 0 amide bonds. The van der Waals surface area contributed by atoms with Gasteiger partial charge in [0.1, 0.15) is 0 Å². The summed E-state index contributed by atoms with van der Waals surface area (Å²) in [4.78, 5) is 21.6. The van der Waals surface area contributed by atoms with Crippen LogP contribution in [0.1, 0.15) is 2.85 Å². The Labute approximate surface area is 84.2 Å². The molecule has 5 nitrogen and oxygen atoms in total. The second-order valence-corrected chi connectivity index (χ2v) is 1.54. The van der Waals surface area contributed by atoms with E-state index >= 15 is 0 Å². The molecule has 0 saturated heterocycles. The smallest absolute Gasteiger partial charge is 1.00 e. The predicted molar refractivity (Wildman–Crippen MR) is 32.3 cm³/mol. The van der Waals surface area contributed by atoms with E-state index in [1.807, 2.05) is 0 Å². The van der Waals surface area contributed by atoms with Crippen molar-refractivity contribution in [1.82, 2.24) is 0 Å². The third kappa shape index (κ3) is 127. The van der Waals surface area contributed by atoms with Crippen molar-refractivity contribution in [3.05, 3.63) is 0 Å². The minimum Gasteiger partial charge on any atom is -1.00 e. The number of hydrogen-bond acceptors (Lipinski definition) is 2. The van der Waals surface area contributed by atoms with Crippen molar-refractivity contribution in [3.63, 3.8) is 0 Å². The molecule has 0 spiro atoms. The number of phosphoric acid groups is 1. The van der Waals surface area contributed by atoms with Crippen molar-refractivity contribution in [3.8, 4) is 0 Å². The second-order valence-electron chi connectivity index (χ2n) is 0.513. The van der Waals surface area contributed by atoms with Gasteiger partial charge in [-0.25, -0.2) is 9.82 Å². The van der Waals surface area contributed by atoms with Crippen molar-refractivity contribution in [2.75, 3.05) is 0 Å². The van der Waals surface area contributed by atoms with E-state index < -0.39 is 7.82 Å². The molecule has 0 fully saturated rings. The molecular weight excluding hydrogens is 185 g/mol. The van der Waals surface area contributed by atoms with Gasteiger partial charge in [0.25, 0.3) is 0 Å². The van der Waals surface area contributed by atoms with Gasteiger partial charge in [-0.3, -0.25) is 0 Å². The summed E-state index contributed by atoms with van der Waals surface area (Å²) in [7, 11) is -4.64. The van der Waals surface area contributed by atoms with Crippen LogP contribution < -0.4 is 5.25 Å². The Hall–Kier alpha value is 1.62. The van der Waals surface area contributed by atoms with Gasteiger partial charge < -0.3 is 17.5 Å². The molecule has 0 aromatic heterocycles. The average Bonchev–Trinajstić information content (AvgIpc) is 1.36. The molecule has 0 aromatic carbocycles. The van der Waals surface area contributed by atoms with E-state index in [1.165, 1.54) is 0 Å². The summed E-state index contributed by atoms with van der Waals surface area (Å²) in [5, 5.41) is 3.97. The summed E-state index contributed by atoms with van der Waals surface area (Å²) < 4.78 is 8.88. The van der Waals surface area contributed by atoms with E-state index in [0.717, 1.165) is 0 Å². The van der Waals surface area contributed by atoms with Crippen LogP contribution in [0.15, 0.2) is 0 Å². The van der Waals surface area contributed by atoms with Gasteiger partial charge in [0.05, 0.1) is 0 Å². The third-order valence-corrected chi connectivity index (χ3v) is 0. The molecule has 0 saturated carbocycles. The molecule has 0 aliphatic heterocycles. The summed E-state index contributed by atoms with van der Waals surface area (Å²) in [5.74, 6) is 0. The van der Waals surface area contributed by atoms with E-state index in [9.17, 15) is 0 Å². The standard InChI is InChI=1S/Ca.ClH2N.H3O4P.2H/c;1-2;1-5(2,3)4;;/h;2H2;(H3,1,2,3,4);;/q+2;;;2*-1. The molecule has 0 bridgehead atoms. The Kier molecular flexibility index (Phi) is 17.6. The number of nitrogens with two attached hydrogens (primary N) is 1. The van der Waals surface area contributed by atoms with Crippen molar-refractivity contribution in [2.24, 2.45) is 5.25 Å². The zero-order valence-corrected chi connectivity index (χ0v) is 7.72. The van der Waals surface area contributed by atoms with Crippen LogP contribution in [0, 0.1) is 0 Å². The minimum atomic E-state index is -4.64. The van der Waals surface area contributed by atoms with Crippen molar-refractivity contribution < 1.29 is 22.1 Å². The Bertz CT molecular complexity index is 69.4. The van der Waals surface area contributed by atoms with Gasteiger partial charge >= 0.3 is 45.6 Å². The largest absolute Gasteiger partial charge is 2.00 e. The molecular formula is H7CaClNO4P. The van der Waals surface area contributed by atoms with Gasteiger partial charge in [0.15, 0.2) is 0 Å². The van der Waals surface area contributed by atoms with Crippen molar-refractivity contribution in [1.29, 1.82) is 0 Å². The number of hydrogen-bond donors (Lipinski definition) is 4. The van der Waals surface area contributed by atoms with E-state index in [2.05, 4.69) is 17.0 Å². The molecule has 8 heavy (non-hydrogen) atoms. The number of rotatable bonds is 0. The van der Waals surface area contributed by atoms with Crippen LogP contribution in [-0.2, 0) is 4.57 Å². The van der Waals surface area contributed by atoms with Crippen LogP contribution >= 0.6 is 19.6 Å². The topological polar surface area (TPSA) is 104 Å². The molecule has 0 atom stereocenters. The zero-order chi connectivity index (χ0) is 6.50. The van der Waals surface area contributed by atoms with Crippen molar-refractivity contribution >= 4 is 57.3 Å². The summed E-state index contributed by atoms with van der Waals surface area (Å²) >= 11 is 4.14. The van der Waals surface area contributed by atoms with Gasteiger partial charge in [-0.2, -0.15) is 0 Å². The Morgan fingerprint density at radius 1 is 1.38 bits per heavy atom. The van der Waals surface area contributed by atoms with E-state index in [4.69, 9.17) is 19.2 Å². The molecule has 0 aromatic rings. The minimum absolute atomic E-state index is 0. The van der Waals surface area contributed by atoms with Gasteiger partial charge in [0, 0.05) is 0 Å². The van der Waals surface area contributed by atoms with E-state index in [-0.39, 0.29) is 40.6 Å². The summed E-state index contributed by atoms with van der Waals surface area (Å²) in [6, 6.07) is 0. The molecule has 0 radical (unpaired) electrons. The monoisotopic (exact) mass is 191 g/mol. The van der Waals surface area contributed by atoms with Crippen molar-refractivity contribution in [2.45, 2.75) is 0 Å². The molecule has 0 unspecified atom stereocenters. The van der Waals surface area contributed by atoms with Crippen LogP contribution in [0.2, 0.25) is 0 Å². The normalized spacial score (nSPS) is 8.12. The fourth-order valence-electron chi connectivity index (χ4n) is 0. The summed E-state index contributed by atoms with van der Waals surface area (Å²) in [6.45, 7) is 0. The van der Waals surface area contributed by atoms with Crippen LogP contribution in [-0.4, -0.2) is 52.4 Å². The first-order valence-electron chi connectivity index (χ1n) is 1.00. The van der Waals surface area contributed by atoms with Gasteiger partial charge in [-0.05, 0) is 11.8 Å². The van der Waals surface area contributed by atoms with Crippen LogP contribution in [0.4, 0.5) is 0 Å². The quantitative estimate of drug-likeness (QED) is 0.224. The van der Waals surface area contributed by atoms with Crippen LogP contribution in [0.3, 0.4) is 0 Å². The van der Waals surface area contributed by atoms with Crippen LogP contribution in [0.25, 0.3) is 0 Å². The number of halogens is 1. The SMILES string of the molecule is NCl.O=P(O)(O)O.[Ca+2].[H-].[H-]. The Morgan fingerprint density at radius 2 is 1.38 bits per heavy atom. The third-order valence-electron chi connectivity index (χ3n) is 0. The molecule has 0 heterocycles. The molecule has 0 aliphatic rings. The zero-order valence-electron chi connectivity index (χ0n) is 5.86. The molecule has 0 rings (SSSR count). The molecule has 50 valence electrons. The average molecular weight is 192 g/mol.